The summed E-state index contributed by atoms with van der Waals surface area (Å²) in [6.45, 7) is 12.1. The smallest absolute Gasteiger partial charge is 0.264 e. The number of ether oxygens (including phenoxy) is 1. The molecule has 3 aromatic carbocycles. The molecule has 5 atom stereocenters. The molecule has 274 valence electrons. The number of nitrogens with zero attached hydrogens (tertiary/aromatic N) is 3. The fraction of sp³-hybridized carbons (Fsp3) is 0.452. The Labute approximate surface area is 307 Å². The van der Waals surface area contributed by atoms with E-state index in [1.165, 1.54) is 5.57 Å². The van der Waals surface area contributed by atoms with Gasteiger partial charge in [-0.1, -0.05) is 54.5 Å². The van der Waals surface area contributed by atoms with Crippen LogP contribution < -0.4 is 9.80 Å². The topological polar surface area (TPSA) is 90.4 Å². The van der Waals surface area contributed by atoms with Crippen LogP contribution in [0.25, 0.3) is 10.8 Å². The highest BCUT2D eigenvalue weighted by Gasteiger charge is 2.67. The minimum absolute atomic E-state index is 0.0683. The summed E-state index contributed by atoms with van der Waals surface area (Å²) in [4.78, 5) is 48.0. The number of allylic oxidation sites excluding steroid dienone is 3. The van der Waals surface area contributed by atoms with E-state index in [-0.39, 0.29) is 36.8 Å². The number of aliphatic hydroxyl groups is 1. The zero-order chi connectivity index (χ0) is 37.1. The lowest BCUT2D eigenvalue weighted by Gasteiger charge is -2.31. The molecule has 2 saturated heterocycles. The van der Waals surface area contributed by atoms with Gasteiger partial charge < -0.3 is 23.8 Å². The van der Waals surface area contributed by atoms with Crippen LogP contribution in [0.5, 0.6) is 0 Å². The summed E-state index contributed by atoms with van der Waals surface area (Å²) in [6, 6.07) is 17.0. The van der Waals surface area contributed by atoms with Gasteiger partial charge in [-0.2, -0.15) is 0 Å². The molecule has 1 N–H and O–H groups in total. The van der Waals surface area contributed by atoms with E-state index in [1.54, 1.807) is 27.8 Å². The second kappa shape index (κ2) is 13.7. The Morgan fingerprint density at radius 1 is 1.06 bits per heavy atom. The van der Waals surface area contributed by atoms with Crippen LogP contribution in [0.4, 0.5) is 21.2 Å². The van der Waals surface area contributed by atoms with E-state index >= 15 is 8.90 Å². The Bertz CT molecular complexity index is 2000. The van der Waals surface area contributed by atoms with E-state index in [1.807, 2.05) is 61.5 Å². The molecule has 0 radical (unpaired) electrons. The van der Waals surface area contributed by atoms with Crippen LogP contribution in [0.15, 0.2) is 77.9 Å². The number of hydrogen-bond donors (Lipinski definition) is 1. The number of carbonyl (C=O) groups is 3. The summed E-state index contributed by atoms with van der Waals surface area (Å²) < 4.78 is 23.5. The number of benzene rings is 3. The molecule has 3 aromatic rings. The maximum absolute atomic E-state index is 16.6. The van der Waals surface area contributed by atoms with Crippen LogP contribution in [0, 0.1) is 5.92 Å². The van der Waals surface area contributed by atoms with Crippen LogP contribution in [-0.2, 0) is 19.9 Å². The van der Waals surface area contributed by atoms with Gasteiger partial charge in [0, 0.05) is 41.2 Å². The third kappa shape index (κ3) is 5.92. The normalized spacial score (nSPS) is 25.6. The lowest BCUT2D eigenvalue weighted by atomic mass is 9.82. The van der Waals surface area contributed by atoms with Crippen molar-refractivity contribution in [2.75, 3.05) is 29.5 Å². The van der Waals surface area contributed by atoms with Crippen LogP contribution >= 0.6 is 0 Å². The van der Waals surface area contributed by atoms with E-state index in [4.69, 9.17) is 4.74 Å². The lowest BCUT2D eigenvalue weighted by molar-refractivity contribution is -0.149. The molecule has 3 amide bonds. The van der Waals surface area contributed by atoms with Gasteiger partial charge in [0.25, 0.3) is 11.8 Å². The van der Waals surface area contributed by atoms with Gasteiger partial charge in [0.1, 0.15) is 0 Å². The molecular formula is C42H50FN3O5Si. The number of anilines is 3. The molecular weight excluding hydrogens is 674 g/mol. The highest BCUT2D eigenvalue weighted by atomic mass is 28.4. The van der Waals surface area contributed by atoms with Gasteiger partial charge in [0.2, 0.25) is 14.3 Å². The predicted octanol–water partition coefficient (Wildman–Crippen LogP) is 8.32. The van der Waals surface area contributed by atoms with Gasteiger partial charge in [0.15, 0.2) is 5.60 Å². The van der Waals surface area contributed by atoms with Gasteiger partial charge in [-0.05, 0) is 95.3 Å². The summed E-state index contributed by atoms with van der Waals surface area (Å²) in [5.74, 6) is -1.20. The lowest BCUT2D eigenvalue weighted by Crippen LogP contribution is -2.45. The van der Waals surface area contributed by atoms with Crippen molar-refractivity contribution in [3.05, 3.63) is 89.0 Å². The highest BCUT2D eigenvalue weighted by molar-refractivity contribution is 6.72. The Hall–Kier alpha value is -4.12. The zero-order valence-electron chi connectivity index (χ0n) is 31.1. The zero-order valence-corrected chi connectivity index (χ0v) is 32.1. The number of halogens is 1. The number of carbonyl (C=O) groups excluding carboxylic acids is 3. The third-order valence-corrected chi connectivity index (χ3v) is 14.2. The minimum atomic E-state index is -3.53. The summed E-state index contributed by atoms with van der Waals surface area (Å²) in [5, 5.41) is 11.8. The molecule has 0 aliphatic carbocycles. The van der Waals surface area contributed by atoms with Gasteiger partial charge in [0.05, 0.1) is 42.1 Å². The van der Waals surface area contributed by atoms with E-state index in [0.717, 1.165) is 47.7 Å². The summed E-state index contributed by atoms with van der Waals surface area (Å²) in [6.07, 6.45) is 6.66. The number of fused-ring (bicyclic) bond motifs is 2. The van der Waals surface area contributed by atoms with Crippen LogP contribution in [0.3, 0.4) is 0 Å². The number of aliphatic hydroxyl groups excluding tert-OH is 1. The largest absolute Gasteiger partial charge is 0.394 e. The highest BCUT2D eigenvalue weighted by Crippen LogP contribution is 2.61. The molecule has 2 fully saturated rings. The molecule has 0 unspecified atom stereocenters. The summed E-state index contributed by atoms with van der Waals surface area (Å²) in [7, 11) is -3.53. The van der Waals surface area contributed by atoms with Crippen molar-refractivity contribution in [2.45, 2.75) is 96.2 Å². The van der Waals surface area contributed by atoms with Gasteiger partial charge in [-0.3, -0.25) is 19.3 Å². The first-order valence-electron chi connectivity index (χ1n) is 18.7. The summed E-state index contributed by atoms with van der Waals surface area (Å²) >= 11 is 0. The van der Waals surface area contributed by atoms with E-state index in [0.29, 0.717) is 35.6 Å². The van der Waals surface area contributed by atoms with Crippen molar-refractivity contribution >= 4 is 54.0 Å². The second-order valence-electron chi connectivity index (χ2n) is 15.8. The maximum Gasteiger partial charge on any atom is 0.264 e. The fourth-order valence-corrected chi connectivity index (χ4v) is 11.8. The Morgan fingerprint density at radius 3 is 2.52 bits per heavy atom. The average Bonchev–Trinajstić information content (AvgIpc) is 3.83. The number of hydrogen-bond acceptors (Lipinski definition) is 5. The first-order valence-corrected chi connectivity index (χ1v) is 21.6. The minimum Gasteiger partial charge on any atom is -0.394 e. The number of likely N-dealkylation sites (tertiary alicyclic amines) is 1. The molecule has 4 aliphatic heterocycles. The molecule has 8 nitrogen and oxygen atoms in total. The Morgan fingerprint density at radius 2 is 1.81 bits per heavy atom. The fourth-order valence-electron chi connectivity index (χ4n) is 9.31. The van der Waals surface area contributed by atoms with Gasteiger partial charge >= 0.3 is 0 Å². The first-order chi connectivity index (χ1) is 24.8. The second-order valence-corrected chi connectivity index (χ2v) is 19.6. The van der Waals surface area contributed by atoms with E-state index < -0.39 is 31.6 Å². The Balaban J connectivity index is 1.32. The average molecular weight is 724 g/mol. The van der Waals surface area contributed by atoms with Crippen molar-refractivity contribution in [3.8, 4) is 0 Å². The molecule has 7 rings (SSSR count). The molecule has 52 heavy (non-hydrogen) atoms. The van der Waals surface area contributed by atoms with Gasteiger partial charge in [-0.25, -0.2) is 0 Å². The maximum atomic E-state index is 16.6. The molecule has 0 saturated carbocycles. The van der Waals surface area contributed by atoms with Crippen LogP contribution in [0.1, 0.15) is 75.7 Å². The van der Waals surface area contributed by atoms with Crippen LogP contribution in [0.2, 0.25) is 18.6 Å². The molecule has 1 spiro atoms. The van der Waals surface area contributed by atoms with E-state index in [9.17, 15) is 14.7 Å². The third-order valence-electron chi connectivity index (χ3n) is 11.8. The van der Waals surface area contributed by atoms with Crippen molar-refractivity contribution in [3.63, 3.8) is 0 Å². The molecule has 10 heteroatoms. The van der Waals surface area contributed by atoms with Crippen molar-refractivity contribution in [2.24, 2.45) is 5.92 Å². The SMILES string of the molecule is CC(C)=CCC/C(C)=C/CN1C(=O)[C@]2(O[C@H](CC(=O)N3CCC[C@H]3CO)[C@@H]([Si](C)(C)F)[C@@H]2C)c2cc(N3C(=O)c4cccc5cccc3c45)ccc21. The standard InChI is InChI=1S/C42H50FN3O5Si/c1-26(2)11-7-12-27(3)20-22-45-34-19-18-30(46-35-17-9-14-29-13-8-16-32(38(29)35)40(46)49)23-33(34)42(41(45)50)28(4)39(52(5,6)43)36(51-42)24-37(48)44-21-10-15-31(44)25-47/h8-9,11,13-14,16-20,23,28,31,36,39,47H,7,10,12,15,21-22,24-25H2,1-6H3/b27-20+/t28-,31-,36+,39-,42+/m0/s1. The molecule has 4 heterocycles. The molecule has 0 aromatic heterocycles. The number of amides is 3. The van der Waals surface area contributed by atoms with Crippen molar-refractivity contribution in [1.82, 2.24) is 4.90 Å². The quantitative estimate of drug-likeness (QED) is 0.129. The predicted molar refractivity (Wildman–Crippen MR) is 206 cm³/mol. The molecule has 0 bridgehead atoms. The monoisotopic (exact) mass is 723 g/mol. The molecule has 4 aliphatic rings. The van der Waals surface area contributed by atoms with E-state index in [2.05, 4.69) is 32.9 Å². The van der Waals surface area contributed by atoms with Crippen molar-refractivity contribution < 1.29 is 28.3 Å². The van der Waals surface area contributed by atoms with Crippen molar-refractivity contribution in [1.29, 1.82) is 0 Å². The number of rotatable bonds is 10. The van der Waals surface area contributed by atoms with Gasteiger partial charge in [-0.15, -0.1) is 0 Å². The Kier molecular flexibility index (Phi) is 9.55. The first kappa shape index (κ1) is 36.2. The summed E-state index contributed by atoms with van der Waals surface area (Å²) in [5.41, 5.74) is 3.46. The van der Waals surface area contributed by atoms with Crippen LogP contribution in [-0.4, -0.2) is 68.0 Å².